The van der Waals surface area contributed by atoms with E-state index in [9.17, 15) is 19.5 Å². The fraction of sp³-hybridized carbons (Fsp3) is 0.526. The molecule has 0 aromatic carbocycles. The van der Waals surface area contributed by atoms with Crippen molar-refractivity contribution in [2.45, 2.75) is 154 Å². The minimum Gasteiger partial charge on any atom is -0.477 e. The third-order valence-corrected chi connectivity index (χ3v) is 9.93. The molecule has 0 bridgehead atoms. The standard InChI is InChI=1S/C57H87NO7/c1-6-8-10-12-14-16-18-20-22-24-26-27-28-30-31-33-35-37-39-41-43-45-47-55(59)64-52-53(51-63-50-49-54(57(61)62)58(3,4)5)65-56(60)48-46-44-42-40-38-36-34-32-29-25-23-21-19-17-15-13-11-9-7-2/h8-11,13-17,19-23,25-27,29-32,34,36,38,53-54H,6-7,12,18,24,28,33,35,37,39-52H2,1-5H3/p+1/b10-8+,11-9+,15-13+,16-14+,19-17+,22-20+,23-21+,27-26+,29-25+,31-30+,34-32+,38-36+. The predicted molar refractivity (Wildman–Crippen MR) is 274 cm³/mol. The summed E-state index contributed by atoms with van der Waals surface area (Å²) in [4.78, 5) is 37.1. The Bertz CT molecular complexity index is 1560. The second-order valence-corrected chi connectivity index (χ2v) is 16.8. The molecule has 0 fully saturated rings. The van der Waals surface area contributed by atoms with Gasteiger partial charge in [-0.25, -0.2) is 4.79 Å². The molecule has 8 nitrogen and oxygen atoms in total. The highest BCUT2D eigenvalue weighted by atomic mass is 16.6. The summed E-state index contributed by atoms with van der Waals surface area (Å²) in [5, 5.41) is 9.65. The van der Waals surface area contributed by atoms with Gasteiger partial charge in [-0.15, -0.1) is 0 Å². The number of nitrogens with zero attached hydrogens (tertiary/aromatic N) is 1. The van der Waals surface area contributed by atoms with Gasteiger partial charge in [0.1, 0.15) is 6.61 Å². The third kappa shape index (κ3) is 44.2. The first kappa shape index (κ1) is 60.2. The number of likely N-dealkylation sites (N-methyl/N-ethyl adjacent to an activating group) is 1. The van der Waals surface area contributed by atoms with Crippen LogP contribution in [0.2, 0.25) is 0 Å². The maximum atomic E-state index is 12.8. The number of esters is 2. The first-order valence-electron chi connectivity index (χ1n) is 24.5. The number of aliphatic carboxylic acids is 1. The molecule has 0 saturated carbocycles. The number of carbonyl (C=O) groups excluding carboxylic acids is 2. The van der Waals surface area contributed by atoms with E-state index in [1.807, 2.05) is 94.1 Å². The molecule has 2 unspecified atom stereocenters. The number of hydrogen-bond acceptors (Lipinski definition) is 6. The fourth-order valence-electron chi connectivity index (χ4n) is 6.22. The summed E-state index contributed by atoms with van der Waals surface area (Å²) in [6, 6.07) is -0.637. The van der Waals surface area contributed by atoms with E-state index in [0.717, 1.165) is 89.9 Å². The number of carbonyl (C=O) groups is 3. The maximum Gasteiger partial charge on any atom is 0.362 e. The number of hydrogen-bond donors (Lipinski definition) is 1. The van der Waals surface area contributed by atoms with Crippen LogP contribution in [0.4, 0.5) is 0 Å². The van der Waals surface area contributed by atoms with Gasteiger partial charge in [0.15, 0.2) is 12.1 Å². The van der Waals surface area contributed by atoms with Crippen molar-refractivity contribution >= 4 is 17.9 Å². The monoisotopic (exact) mass is 899 g/mol. The van der Waals surface area contributed by atoms with Crippen LogP contribution in [0.5, 0.6) is 0 Å². The molecule has 362 valence electrons. The lowest BCUT2D eigenvalue weighted by atomic mass is 10.1. The molecule has 0 radical (unpaired) electrons. The lowest BCUT2D eigenvalue weighted by Crippen LogP contribution is -2.50. The molecule has 1 N–H and O–H groups in total. The van der Waals surface area contributed by atoms with E-state index in [0.29, 0.717) is 19.3 Å². The summed E-state index contributed by atoms with van der Waals surface area (Å²) < 4.78 is 17.3. The molecule has 0 aromatic rings. The molecule has 0 heterocycles. The zero-order valence-electron chi connectivity index (χ0n) is 41.1. The van der Waals surface area contributed by atoms with E-state index in [2.05, 4.69) is 86.8 Å². The molecule has 8 heteroatoms. The van der Waals surface area contributed by atoms with Gasteiger partial charge >= 0.3 is 17.9 Å². The number of carboxylic acids is 1. The molecule has 0 saturated heterocycles. The number of quaternary nitrogens is 1. The van der Waals surface area contributed by atoms with Crippen LogP contribution < -0.4 is 0 Å². The van der Waals surface area contributed by atoms with Gasteiger partial charge in [0, 0.05) is 19.3 Å². The molecule has 0 amide bonds. The molecule has 0 aliphatic heterocycles. The Labute approximate surface area is 395 Å². The van der Waals surface area contributed by atoms with E-state index in [1.165, 1.54) is 12.8 Å². The highest BCUT2D eigenvalue weighted by Gasteiger charge is 2.31. The van der Waals surface area contributed by atoms with E-state index >= 15 is 0 Å². The largest absolute Gasteiger partial charge is 0.477 e. The SMILES string of the molecule is CC/C=C/C=C/C=C/C=C/C=C/C=C/C=C/CCCCCC(=O)OC(COCCC(C(=O)O)[N+](C)(C)C)COC(=O)CCCCCCCC/C=C/C/C=C/C/C=C/C/C=C/C/C=C/CC. The number of ether oxygens (including phenoxy) is 3. The summed E-state index contributed by atoms with van der Waals surface area (Å²) in [5.74, 6) is -1.57. The van der Waals surface area contributed by atoms with Gasteiger partial charge in [-0.3, -0.25) is 9.59 Å². The predicted octanol–water partition coefficient (Wildman–Crippen LogP) is 14.1. The highest BCUT2D eigenvalue weighted by Crippen LogP contribution is 2.12. The van der Waals surface area contributed by atoms with Gasteiger partial charge in [-0.05, 0) is 77.0 Å². The molecule has 0 aromatic heterocycles. The fourth-order valence-corrected chi connectivity index (χ4v) is 6.22. The molecule has 0 rings (SSSR count). The average molecular weight is 899 g/mol. The number of allylic oxidation sites excluding steroid dienone is 24. The topological polar surface area (TPSA) is 99.1 Å². The van der Waals surface area contributed by atoms with Crippen LogP contribution in [0, 0.1) is 0 Å². The lowest BCUT2D eigenvalue weighted by Gasteiger charge is -2.31. The molecule has 0 aliphatic rings. The Kier molecular flexibility index (Phi) is 42.4. The number of rotatable bonds is 41. The van der Waals surface area contributed by atoms with E-state index in [1.54, 1.807) is 0 Å². The Morgan fingerprint density at radius 1 is 0.477 bits per heavy atom. The van der Waals surface area contributed by atoms with Crippen molar-refractivity contribution in [3.05, 3.63) is 146 Å². The summed E-state index contributed by atoms with van der Waals surface area (Å²) >= 11 is 0. The first-order chi connectivity index (χ1) is 31.6. The van der Waals surface area contributed by atoms with Crippen molar-refractivity contribution in [1.82, 2.24) is 0 Å². The third-order valence-electron chi connectivity index (χ3n) is 9.93. The molecule has 0 aliphatic carbocycles. The van der Waals surface area contributed by atoms with E-state index in [-0.39, 0.29) is 42.7 Å². The van der Waals surface area contributed by atoms with Crippen LogP contribution in [-0.2, 0) is 28.6 Å². The van der Waals surface area contributed by atoms with Crippen LogP contribution in [0.1, 0.15) is 142 Å². The number of carboxylic acid groups (broad SMARTS) is 1. The smallest absolute Gasteiger partial charge is 0.362 e. The van der Waals surface area contributed by atoms with Crippen LogP contribution in [0.3, 0.4) is 0 Å². The Morgan fingerprint density at radius 3 is 1.40 bits per heavy atom. The zero-order valence-corrected chi connectivity index (χ0v) is 41.1. The van der Waals surface area contributed by atoms with Gasteiger partial charge in [0.2, 0.25) is 0 Å². The zero-order chi connectivity index (χ0) is 47.7. The Balaban J connectivity index is 4.45. The number of unbranched alkanes of at least 4 members (excludes halogenated alkanes) is 9. The van der Waals surface area contributed by atoms with Gasteiger partial charge in [0.25, 0.3) is 0 Å². The highest BCUT2D eigenvalue weighted by molar-refractivity contribution is 5.72. The second-order valence-electron chi connectivity index (χ2n) is 16.8. The van der Waals surface area contributed by atoms with Crippen LogP contribution in [0.25, 0.3) is 0 Å². The van der Waals surface area contributed by atoms with Crippen molar-refractivity contribution in [2.75, 3.05) is 41.0 Å². The lowest BCUT2D eigenvalue weighted by molar-refractivity contribution is -0.887. The van der Waals surface area contributed by atoms with E-state index in [4.69, 9.17) is 14.2 Å². The van der Waals surface area contributed by atoms with Crippen molar-refractivity contribution in [1.29, 1.82) is 0 Å². The van der Waals surface area contributed by atoms with Crippen molar-refractivity contribution in [3.63, 3.8) is 0 Å². The van der Waals surface area contributed by atoms with Crippen molar-refractivity contribution < 1.29 is 38.2 Å². The summed E-state index contributed by atoms with van der Waals surface area (Å²) in [7, 11) is 5.49. The van der Waals surface area contributed by atoms with Crippen LogP contribution in [0.15, 0.2) is 146 Å². The molecular weight excluding hydrogens is 811 g/mol. The molecule has 0 spiro atoms. The summed E-state index contributed by atoms with van der Waals surface area (Å²) in [6.07, 6.45) is 67.5. The minimum atomic E-state index is -0.893. The van der Waals surface area contributed by atoms with Crippen LogP contribution >= 0.6 is 0 Å². The van der Waals surface area contributed by atoms with Crippen molar-refractivity contribution in [2.24, 2.45) is 0 Å². The Hall–Kier alpha value is -4.79. The van der Waals surface area contributed by atoms with E-state index < -0.39 is 18.1 Å². The molecular formula is C57H88NO7+. The van der Waals surface area contributed by atoms with Gasteiger partial charge in [-0.2, -0.15) is 0 Å². The maximum absolute atomic E-state index is 12.8. The van der Waals surface area contributed by atoms with Gasteiger partial charge in [0.05, 0.1) is 34.4 Å². The quantitative estimate of drug-likeness (QED) is 0.0214. The summed E-state index contributed by atoms with van der Waals surface area (Å²) in [6.45, 7) is 4.38. The minimum absolute atomic E-state index is 0.0256. The second kappa shape index (κ2) is 45.8. The van der Waals surface area contributed by atoms with Gasteiger partial charge in [-0.1, -0.05) is 192 Å². The normalized spacial score (nSPS) is 14.2. The van der Waals surface area contributed by atoms with Gasteiger partial charge < -0.3 is 23.8 Å². The average Bonchev–Trinajstić information content (AvgIpc) is 3.27. The molecule has 2 atom stereocenters. The summed E-state index contributed by atoms with van der Waals surface area (Å²) in [5.41, 5.74) is 0. The van der Waals surface area contributed by atoms with Crippen LogP contribution in [-0.4, -0.2) is 80.6 Å². The van der Waals surface area contributed by atoms with Crippen molar-refractivity contribution in [3.8, 4) is 0 Å². The molecule has 65 heavy (non-hydrogen) atoms. The Morgan fingerprint density at radius 2 is 0.892 bits per heavy atom. The first-order valence-corrected chi connectivity index (χ1v) is 24.5.